The van der Waals surface area contributed by atoms with E-state index in [-0.39, 0.29) is 0 Å². The van der Waals surface area contributed by atoms with Crippen LogP contribution in [0.15, 0.2) is 24.3 Å². The molecule has 0 spiro atoms. The van der Waals surface area contributed by atoms with Crippen molar-refractivity contribution in [3.8, 4) is 0 Å². The highest BCUT2D eigenvalue weighted by Crippen LogP contribution is 2.16. The van der Waals surface area contributed by atoms with E-state index in [1.165, 1.54) is 11.1 Å². The van der Waals surface area contributed by atoms with Crippen LogP contribution in [0, 0.1) is 0 Å². The van der Waals surface area contributed by atoms with Crippen LogP contribution in [-0.2, 0) is 11.2 Å². The van der Waals surface area contributed by atoms with Crippen molar-refractivity contribution in [3.05, 3.63) is 35.4 Å². The first-order valence-corrected chi connectivity index (χ1v) is 8.37. The van der Waals surface area contributed by atoms with Crippen molar-refractivity contribution in [2.24, 2.45) is 0 Å². The highest BCUT2D eigenvalue weighted by Gasteiger charge is 2.14. The van der Waals surface area contributed by atoms with Gasteiger partial charge < -0.3 is 10.1 Å². The lowest BCUT2D eigenvalue weighted by Crippen LogP contribution is -2.37. The number of hydrogen-bond acceptors (Lipinski definition) is 3. The number of nitrogens with one attached hydrogen (secondary N) is 1. The van der Waals surface area contributed by atoms with Crippen LogP contribution in [-0.4, -0.2) is 44.3 Å². The maximum Gasteiger partial charge on any atom is 0.0593 e. The van der Waals surface area contributed by atoms with E-state index < -0.39 is 0 Å². The lowest BCUT2D eigenvalue weighted by atomic mass is 10.0. The number of likely N-dealkylation sites (N-methyl/N-ethyl adjacent to an activating group) is 2. The molecule has 0 heterocycles. The lowest BCUT2D eigenvalue weighted by molar-refractivity contribution is 0.111. The number of hydrogen-bond donors (Lipinski definition) is 1. The number of aryl methyl sites for hydroxylation is 1. The van der Waals surface area contributed by atoms with Crippen LogP contribution in [0.5, 0.6) is 0 Å². The predicted octanol–water partition coefficient (Wildman–Crippen LogP) is 3.26. The molecular weight excluding hydrogens is 260 g/mol. The van der Waals surface area contributed by atoms with Gasteiger partial charge in [0.15, 0.2) is 0 Å². The fraction of sp³-hybridized carbons (Fsp3) is 0.667. The van der Waals surface area contributed by atoms with E-state index in [2.05, 4.69) is 55.3 Å². The maximum absolute atomic E-state index is 5.48. The molecule has 0 fully saturated rings. The monoisotopic (exact) mass is 292 g/mol. The van der Waals surface area contributed by atoms with Gasteiger partial charge in [0.2, 0.25) is 0 Å². The normalized spacial score (nSPS) is 12.8. The fourth-order valence-electron chi connectivity index (χ4n) is 2.49. The topological polar surface area (TPSA) is 24.5 Å². The Hall–Kier alpha value is -0.900. The lowest BCUT2D eigenvalue weighted by Gasteiger charge is -2.27. The van der Waals surface area contributed by atoms with Crippen molar-refractivity contribution in [1.29, 1.82) is 0 Å². The molecule has 0 aliphatic carbocycles. The summed E-state index contributed by atoms with van der Waals surface area (Å²) in [5.74, 6) is 0. The van der Waals surface area contributed by atoms with E-state index in [4.69, 9.17) is 4.74 Å². The zero-order valence-corrected chi connectivity index (χ0v) is 14.2. The Bertz CT molecular complexity index is 364. The van der Waals surface area contributed by atoms with Crippen LogP contribution in [0.2, 0.25) is 0 Å². The van der Waals surface area contributed by atoms with Crippen molar-refractivity contribution >= 4 is 0 Å². The van der Waals surface area contributed by atoms with Gasteiger partial charge in [-0.05, 0) is 37.6 Å². The van der Waals surface area contributed by atoms with Gasteiger partial charge in [-0.1, -0.05) is 45.0 Å². The molecule has 3 heteroatoms. The largest absolute Gasteiger partial charge is 0.380 e. The van der Waals surface area contributed by atoms with Crippen LogP contribution in [0.3, 0.4) is 0 Å². The van der Waals surface area contributed by atoms with E-state index in [9.17, 15) is 0 Å². The summed E-state index contributed by atoms with van der Waals surface area (Å²) in [4.78, 5) is 2.46. The molecule has 0 bridgehead atoms. The molecule has 0 amide bonds. The predicted molar refractivity (Wildman–Crippen MR) is 90.8 cm³/mol. The first kappa shape index (κ1) is 18.1. The van der Waals surface area contributed by atoms with Crippen LogP contribution in [0.1, 0.15) is 44.9 Å². The summed E-state index contributed by atoms with van der Waals surface area (Å²) in [5.41, 5.74) is 2.78. The molecule has 1 rings (SSSR count). The summed E-state index contributed by atoms with van der Waals surface area (Å²) in [6.07, 6.45) is 1.10. The summed E-state index contributed by atoms with van der Waals surface area (Å²) in [7, 11) is 0. The number of benzene rings is 1. The van der Waals surface area contributed by atoms with Gasteiger partial charge in [0.1, 0.15) is 0 Å². The number of nitrogens with zero attached hydrogens (tertiary/aromatic N) is 1. The minimum atomic E-state index is 0.391. The van der Waals surface area contributed by atoms with Crippen LogP contribution in [0.25, 0.3) is 0 Å². The standard InChI is InChI=1S/C18H32N2O/c1-5-16-9-11-17(12-10-16)18(19-6-2)15-20(7-3)13-14-21-8-4/h9-12,18-19H,5-8,13-15H2,1-4H3. The Balaban J connectivity index is 2.65. The molecule has 1 aromatic rings. The molecule has 0 saturated heterocycles. The zero-order valence-electron chi connectivity index (χ0n) is 14.2. The Morgan fingerprint density at radius 1 is 1.10 bits per heavy atom. The van der Waals surface area contributed by atoms with E-state index >= 15 is 0 Å². The second-order valence-electron chi connectivity index (χ2n) is 5.30. The molecule has 1 N–H and O–H groups in total. The summed E-state index contributed by atoms with van der Waals surface area (Å²) in [6.45, 7) is 14.3. The quantitative estimate of drug-likeness (QED) is 0.634. The van der Waals surface area contributed by atoms with Crippen molar-refractivity contribution < 1.29 is 4.74 Å². The van der Waals surface area contributed by atoms with Crippen LogP contribution < -0.4 is 5.32 Å². The third-order valence-corrected chi connectivity index (χ3v) is 3.88. The van der Waals surface area contributed by atoms with Crippen molar-refractivity contribution in [3.63, 3.8) is 0 Å². The Labute approximate surface area is 130 Å². The fourth-order valence-corrected chi connectivity index (χ4v) is 2.49. The molecule has 0 aliphatic heterocycles. The SMILES string of the molecule is CCNC(CN(CC)CCOCC)c1ccc(CC)cc1. The van der Waals surface area contributed by atoms with Gasteiger partial charge in [-0.2, -0.15) is 0 Å². The summed E-state index contributed by atoms with van der Waals surface area (Å²) in [6, 6.07) is 9.42. The molecule has 0 saturated carbocycles. The van der Waals surface area contributed by atoms with E-state index in [0.717, 1.165) is 45.8 Å². The Kier molecular flexibility index (Phi) is 9.31. The van der Waals surface area contributed by atoms with E-state index in [1.54, 1.807) is 0 Å². The molecule has 0 radical (unpaired) electrons. The van der Waals surface area contributed by atoms with Gasteiger partial charge in [0.25, 0.3) is 0 Å². The summed E-state index contributed by atoms with van der Waals surface area (Å²) >= 11 is 0. The maximum atomic E-state index is 5.48. The van der Waals surface area contributed by atoms with Gasteiger partial charge in [-0.25, -0.2) is 0 Å². The van der Waals surface area contributed by atoms with Crippen molar-refractivity contribution in [1.82, 2.24) is 10.2 Å². The highest BCUT2D eigenvalue weighted by atomic mass is 16.5. The number of rotatable bonds is 11. The van der Waals surface area contributed by atoms with Crippen LogP contribution >= 0.6 is 0 Å². The van der Waals surface area contributed by atoms with Crippen LogP contribution in [0.4, 0.5) is 0 Å². The summed E-state index contributed by atoms with van der Waals surface area (Å²) < 4.78 is 5.48. The number of ether oxygens (including phenoxy) is 1. The minimum Gasteiger partial charge on any atom is -0.380 e. The zero-order chi connectivity index (χ0) is 15.5. The average Bonchev–Trinajstić information content (AvgIpc) is 2.53. The molecule has 1 atom stereocenters. The average molecular weight is 292 g/mol. The first-order valence-electron chi connectivity index (χ1n) is 8.37. The molecule has 1 unspecified atom stereocenters. The van der Waals surface area contributed by atoms with Crippen molar-refractivity contribution in [2.45, 2.75) is 40.2 Å². The van der Waals surface area contributed by atoms with Gasteiger partial charge in [0, 0.05) is 25.7 Å². The molecule has 0 aliphatic rings. The van der Waals surface area contributed by atoms with E-state index in [1.807, 2.05) is 6.92 Å². The second kappa shape index (κ2) is 10.8. The van der Waals surface area contributed by atoms with Gasteiger partial charge in [0.05, 0.1) is 6.61 Å². The third-order valence-electron chi connectivity index (χ3n) is 3.88. The third kappa shape index (κ3) is 6.60. The van der Waals surface area contributed by atoms with Gasteiger partial charge >= 0.3 is 0 Å². The second-order valence-corrected chi connectivity index (χ2v) is 5.30. The first-order chi connectivity index (χ1) is 10.2. The van der Waals surface area contributed by atoms with E-state index in [0.29, 0.717) is 6.04 Å². The van der Waals surface area contributed by atoms with Gasteiger partial charge in [-0.3, -0.25) is 4.90 Å². The molecule has 1 aromatic carbocycles. The minimum absolute atomic E-state index is 0.391. The van der Waals surface area contributed by atoms with Gasteiger partial charge in [-0.15, -0.1) is 0 Å². The molecule has 0 aromatic heterocycles. The van der Waals surface area contributed by atoms with Crippen molar-refractivity contribution in [2.75, 3.05) is 39.4 Å². The molecule has 21 heavy (non-hydrogen) atoms. The summed E-state index contributed by atoms with van der Waals surface area (Å²) in [5, 5.41) is 3.61. The molecule has 120 valence electrons. The highest BCUT2D eigenvalue weighted by molar-refractivity contribution is 5.25. The molecular formula is C18H32N2O. The Morgan fingerprint density at radius 3 is 2.33 bits per heavy atom. The molecule has 3 nitrogen and oxygen atoms in total. The smallest absolute Gasteiger partial charge is 0.0593 e. The Morgan fingerprint density at radius 2 is 1.81 bits per heavy atom.